The summed E-state index contributed by atoms with van der Waals surface area (Å²) in [6.07, 6.45) is 1.45. The molecule has 0 spiro atoms. The normalized spacial score (nSPS) is 11.0. The summed E-state index contributed by atoms with van der Waals surface area (Å²) in [7, 11) is 0. The van der Waals surface area contributed by atoms with Crippen molar-refractivity contribution in [1.82, 2.24) is 10.3 Å². The number of aromatic nitrogens is 3. The van der Waals surface area contributed by atoms with Crippen LogP contribution in [-0.4, -0.2) is 16.0 Å². The van der Waals surface area contributed by atoms with E-state index in [2.05, 4.69) is 10.3 Å². The third-order valence-electron chi connectivity index (χ3n) is 4.87. The van der Waals surface area contributed by atoms with E-state index in [1.54, 1.807) is 42.5 Å². The number of anilines is 2. The van der Waals surface area contributed by atoms with Gasteiger partial charge in [0.05, 0.1) is 17.5 Å². The fourth-order valence-corrected chi connectivity index (χ4v) is 4.50. The Morgan fingerprint density at radius 1 is 1.19 bits per heavy atom. The first-order chi connectivity index (χ1) is 15.5. The van der Waals surface area contributed by atoms with Gasteiger partial charge >= 0.3 is 11.3 Å². The van der Waals surface area contributed by atoms with Gasteiger partial charge in [-0.3, -0.25) is 9.32 Å². The van der Waals surface area contributed by atoms with Crippen LogP contribution in [-0.2, 0) is 0 Å². The lowest BCUT2D eigenvalue weighted by molar-refractivity contribution is -0.672. The summed E-state index contributed by atoms with van der Waals surface area (Å²) in [6, 6.07) is 14.0. The molecule has 4 aromatic heterocycles. The Kier molecular flexibility index (Phi) is 4.35. The molecule has 0 aliphatic carbocycles. The van der Waals surface area contributed by atoms with Crippen LogP contribution in [0.3, 0.4) is 0 Å². The topological polar surface area (TPSA) is 169 Å². The van der Waals surface area contributed by atoms with Gasteiger partial charge in [0.15, 0.2) is 0 Å². The van der Waals surface area contributed by atoms with Gasteiger partial charge in [0.1, 0.15) is 32.9 Å². The minimum Gasteiger partial charge on any atom is -0.464 e. The highest BCUT2D eigenvalue weighted by atomic mass is 32.1. The van der Waals surface area contributed by atoms with Gasteiger partial charge in [-0.1, -0.05) is 18.2 Å². The number of hydrogen-bond donors (Lipinski definition) is 3. The Morgan fingerprint density at radius 2 is 1.97 bits per heavy atom. The van der Waals surface area contributed by atoms with Gasteiger partial charge in [0.2, 0.25) is 5.69 Å². The zero-order chi connectivity index (χ0) is 22.4. The molecule has 0 bridgehead atoms. The van der Waals surface area contributed by atoms with Crippen LogP contribution in [0.2, 0.25) is 0 Å². The van der Waals surface area contributed by atoms with E-state index >= 15 is 0 Å². The minimum atomic E-state index is -0.854. The van der Waals surface area contributed by atoms with Crippen molar-refractivity contribution in [1.29, 1.82) is 5.26 Å². The molecule has 5 rings (SSSR count). The number of nitrogens with zero attached hydrogens (tertiary/aromatic N) is 3. The second kappa shape index (κ2) is 7.22. The molecular weight excluding hydrogens is 432 g/mol. The van der Waals surface area contributed by atoms with Crippen LogP contribution in [0.15, 0.2) is 62.5 Å². The van der Waals surface area contributed by atoms with Crippen LogP contribution in [0.1, 0.15) is 20.9 Å². The first-order valence-corrected chi connectivity index (χ1v) is 10.0. The maximum Gasteiger partial charge on any atom is 0.439 e. The smallest absolute Gasteiger partial charge is 0.439 e. The number of carbonyl (C=O) groups is 1. The lowest BCUT2D eigenvalue weighted by atomic mass is 10.0. The number of benzene rings is 1. The van der Waals surface area contributed by atoms with Crippen LogP contribution in [0, 0.1) is 11.3 Å². The SMILES string of the molecule is N#Cc1c(N)nc2sc(C(=O)c3c(=O)o[nH][n+]3-c3ccccc3)c(N)c2c1-c1ccco1. The summed E-state index contributed by atoms with van der Waals surface area (Å²) in [6.45, 7) is 0. The molecular formula is C21H13N6O4S+. The molecule has 0 saturated carbocycles. The Morgan fingerprint density at radius 3 is 2.66 bits per heavy atom. The van der Waals surface area contributed by atoms with Crippen LogP contribution in [0.4, 0.5) is 11.5 Å². The molecule has 1 aromatic carbocycles. The van der Waals surface area contributed by atoms with Crippen LogP contribution in [0.5, 0.6) is 0 Å². The third-order valence-corrected chi connectivity index (χ3v) is 5.96. The molecule has 11 heteroatoms. The van der Waals surface area contributed by atoms with E-state index in [0.717, 1.165) is 11.3 Å². The van der Waals surface area contributed by atoms with Crippen molar-refractivity contribution in [2.75, 3.05) is 11.5 Å². The number of rotatable bonds is 4. The molecule has 0 aliphatic heterocycles. The fourth-order valence-electron chi connectivity index (χ4n) is 3.45. The third kappa shape index (κ3) is 2.78. The largest absolute Gasteiger partial charge is 0.464 e. The van der Waals surface area contributed by atoms with Gasteiger partial charge in [-0.2, -0.15) is 5.26 Å². The quantitative estimate of drug-likeness (QED) is 0.280. The zero-order valence-electron chi connectivity index (χ0n) is 16.2. The number of nitrogens with one attached hydrogen (secondary N) is 1. The minimum absolute atomic E-state index is 0.0212. The number of nitrogens with two attached hydrogens (primary N) is 2. The standard InChI is InChI=1S/C21H12N6O4S/c22-9-11-13(12-7-4-8-30-12)14-15(23)18(32-20(14)25-19(11)24)17(28)16-21(29)31-26-27(16)10-5-2-1-3-6-10/h1-8H,(H4-,23,24,25,26,28,29)/p+1. The predicted molar refractivity (Wildman–Crippen MR) is 115 cm³/mol. The molecule has 156 valence electrons. The number of furan rings is 1. The average molecular weight is 445 g/mol. The lowest BCUT2D eigenvalue weighted by Crippen LogP contribution is -2.41. The molecule has 0 amide bonds. The van der Waals surface area contributed by atoms with E-state index in [-0.39, 0.29) is 27.6 Å². The molecule has 10 nitrogen and oxygen atoms in total. The summed E-state index contributed by atoms with van der Waals surface area (Å²) in [5, 5.41) is 12.4. The van der Waals surface area contributed by atoms with Crippen molar-refractivity contribution >= 4 is 38.8 Å². The molecule has 0 fully saturated rings. The fraction of sp³-hybridized carbons (Fsp3) is 0. The van der Waals surface area contributed by atoms with Gasteiger partial charge in [-0.15, -0.1) is 11.3 Å². The van der Waals surface area contributed by atoms with Crippen molar-refractivity contribution in [2.24, 2.45) is 0 Å². The molecule has 0 radical (unpaired) electrons. The number of hydrogen-bond acceptors (Lipinski definition) is 9. The van der Waals surface area contributed by atoms with E-state index in [0.29, 0.717) is 27.2 Å². The number of nitrogen functional groups attached to an aromatic ring is 2. The Labute approximate surface area is 182 Å². The highest BCUT2D eigenvalue weighted by Crippen LogP contribution is 2.43. The summed E-state index contributed by atoms with van der Waals surface area (Å²) < 4.78 is 11.6. The second-order valence-corrected chi connectivity index (χ2v) is 7.69. The number of pyridine rings is 1. The van der Waals surface area contributed by atoms with E-state index < -0.39 is 11.4 Å². The summed E-state index contributed by atoms with van der Waals surface area (Å²) >= 11 is 0.963. The number of fused-ring (bicyclic) bond motifs is 1. The summed E-state index contributed by atoms with van der Waals surface area (Å²) in [5.41, 5.74) is 12.2. The van der Waals surface area contributed by atoms with Gasteiger partial charge in [-0.25, -0.2) is 9.78 Å². The predicted octanol–water partition coefficient (Wildman–Crippen LogP) is 2.38. The lowest BCUT2D eigenvalue weighted by Gasteiger charge is -2.06. The highest BCUT2D eigenvalue weighted by molar-refractivity contribution is 7.21. The number of thiophene rings is 1. The zero-order valence-corrected chi connectivity index (χ0v) is 17.0. The molecule has 5 aromatic rings. The van der Waals surface area contributed by atoms with E-state index in [4.69, 9.17) is 20.4 Å². The second-order valence-electron chi connectivity index (χ2n) is 6.69. The molecule has 0 aliphatic rings. The number of carbonyl (C=O) groups excluding carboxylic acids is 1. The first kappa shape index (κ1) is 19.3. The van der Waals surface area contributed by atoms with Crippen LogP contribution in [0.25, 0.3) is 27.2 Å². The van der Waals surface area contributed by atoms with Gasteiger partial charge in [-0.05, 0) is 22.1 Å². The Balaban J connectivity index is 1.77. The maximum absolute atomic E-state index is 13.4. The highest BCUT2D eigenvalue weighted by Gasteiger charge is 2.35. The number of aromatic amines is 1. The number of nitriles is 1. The van der Waals surface area contributed by atoms with E-state index in [9.17, 15) is 14.9 Å². The molecule has 32 heavy (non-hydrogen) atoms. The van der Waals surface area contributed by atoms with E-state index in [1.165, 1.54) is 10.9 Å². The van der Waals surface area contributed by atoms with Crippen molar-refractivity contribution in [3.8, 4) is 23.1 Å². The van der Waals surface area contributed by atoms with Crippen molar-refractivity contribution < 1.29 is 18.4 Å². The Hall–Kier alpha value is -4.69. The molecule has 0 atom stereocenters. The summed E-state index contributed by atoms with van der Waals surface area (Å²) in [4.78, 5) is 30.5. The summed E-state index contributed by atoms with van der Waals surface area (Å²) in [5.74, 6) is -0.330. The maximum atomic E-state index is 13.4. The average Bonchev–Trinajstić information content (AvgIpc) is 3.53. The first-order valence-electron chi connectivity index (χ1n) is 9.20. The van der Waals surface area contributed by atoms with Gasteiger partial charge in [0, 0.05) is 17.5 Å². The van der Waals surface area contributed by atoms with Crippen molar-refractivity contribution in [3.05, 3.63) is 75.3 Å². The van der Waals surface area contributed by atoms with Crippen molar-refractivity contribution in [3.63, 3.8) is 0 Å². The molecule has 0 saturated heterocycles. The Bertz CT molecular complexity index is 1590. The van der Waals surface area contributed by atoms with Crippen LogP contribution < -0.4 is 21.8 Å². The number of para-hydroxylation sites is 1. The van der Waals surface area contributed by atoms with Gasteiger partial charge in [0.25, 0.3) is 5.78 Å². The monoisotopic (exact) mass is 445 g/mol. The van der Waals surface area contributed by atoms with Gasteiger partial charge < -0.3 is 15.9 Å². The number of ketones is 1. The molecule has 0 unspecified atom stereocenters. The van der Waals surface area contributed by atoms with E-state index in [1.807, 2.05) is 6.07 Å². The number of H-pyrrole nitrogens is 1. The molecule has 5 N–H and O–H groups in total. The van der Waals surface area contributed by atoms with Crippen LogP contribution >= 0.6 is 11.3 Å². The molecule has 4 heterocycles. The van der Waals surface area contributed by atoms with Crippen molar-refractivity contribution in [2.45, 2.75) is 0 Å².